The Bertz CT molecular complexity index is 1050. The predicted octanol–water partition coefficient (Wildman–Crippen LogP) is 1.94. The van der Waals surface area contributed by atoms with Crippen LogP contribution in [0.4, 0.5) is 32.0 Å². The Kier molecular flexibility index (Phi) is 8.16. The first-order valence-electron chi connectivity index (χ1n) is 10.3. The molecule has 0 saturated heterocycles. The molecular weight excluding hydrogens is 504 g/mol. The standard InChI is InChI=1S/C21H23F6N3O6/c1-10-15(29-18(34)19(2,3)17(33)28-9-20(23,24)21(25,26)27)16(32)30(8-14(31)35-4)12-7-11(22)5-6-13(12)36-10/h5-7,10,15H,8-9H2,1-4H3,(H,28,33)(H,29,34)/t10-,15+/m1/s1. The van der Waals surface area contributed by atoms with Crippen LogP contribution in [0, 0.1) is 11.2 Å². The number of methoxy groups -OCH3 is 1. The highest BCUT2D eigenvalue weighted by atomic mass is 19.4. The zero-order valence-corrected chi connectivity index (χ0v) is 19.5. The van der Waals surface area contributed by atoms with Gasteiger partial charge in [0.05, 0.1) is 19.3 Å². The van der Waals surface area contributed by atoms with Crippen LogP contribution >= 0.6 is 0 Å². The number of hydrogen-bond acceptors (Lipinski definition) is 6. The van der Waals surface area contributed by atoms with Crippen molar-refractivity contribution in [2.24, 2.45) is 5.41 Å². The number of benzene rings is 1. The van der Waals surface area contributed by atoms with Crippen LogP contribution in [0.3, 0.4) is 0 Å². The molecule has 200 valence electrons. The highest BCUT2D eigenvalue weighted by Gasteiger charge is 2.58. The Morgan fingerprint density at radius 3 is 2.28 bits per heavy atom. The van der Waals surface area contributed by atoms with E-state index in [1.807, 2.05) is 0 Å². The van der Waals surface area contributed by atoms with Gasteiger partial charge in [0.15, 0.2) is 0 Å². The summed E-state index contributed by atoms with van der Waals surface area (Å²) in [5.74, 6) is -10.6. The summed E-state index contributed by atoms with van der Waals surface area (Å²) >= 11 is 0. The van der Waals surface area contributed by atoms with E-state index in [0.717, 1.165) is 38.0 Å². The van der Waals surface area contributed by atoms with Gasteiger partial charge in [-0.15, -0.1) is 0 Å². The summed E-state index contributed by atoms with van der Waals surface area (Å²) in [6.45, 7) is 0.403. The van der Waals surface area contributed by atoms with E-state index in [0.29, 0.717) is 0 Å². The number of fused-ring (bicyclic) bond motifs is 1. The van der Waals surface area contributed by atoms with Crippen molar-refractivity contribution in [2.45, 2.75) is 45.0 Å². The van der Waals surface area contributed by atoms with Crippen LogP contribution < -0.4 is 20.3 Å². The topological polar surface area (TPSA) is 114 Å². The van der Waals surface area contributed by atoms with E-state index in [-0.39, 0.29) is 11.4 Å². The molecule has 0 fully saturated rings. The average Bonchev–Trinajstić information content (AvgIpc) is 2.86. The molecule has 2 rings (SSSR count). The summed E-state index contributed by atoms with van der Waals surface area (Å²) in [5.41, 5.74) is -2.37. The van der Waals surface area contributed by atoms with Crippen molar-refractivity contribution in [3.8, 4) is 5.75 Å². The fourth-order valence-electron chi connectivity index (χ4n) is 3.03. The second-order valence-electron chi connectivity index (χ2n) is 8.40. The third-order valence-corrected chi connectivity index (χ3v) is 5.35. The minimum Gasteiger partial charge on any atom is -0.486 e. The van der Waals surface area contributed by atoms with Crippen molar-refractivity contribution < 1.29 is 55.0 Å². The average molecular weight is 527 g/mol. The van der Waals surface area contributed by atoms with Gasteiger partial charge in [0.1, 0.15) is 35.7 Å². The highest BCUT2D eigenvalue weighted by molar-refractivity contribution is 6.08. The zero-order chi connectivity index (χ0) is 27.6. The summed E-state index contributed by atoms with van der Waals surface area (Å²) in [4.78, 5) is 51.1. The molecule has 1 aliphatic rings. The third-order valence-electron chi connectivity index (χ3n) is 5.35. The number of carbonyl (C=O) groups is 4. The van der Waals surface area contributed by atoms with E-state index in [4.69, 9.17) is 4.74 Å². The first-order chi connectivity index (χ1) is 16.4. The Morgan fingerprint density at radius 1 is 1.11 bits per heavy atom. The molecule has 9 nitrogen and oxygen atoms in total. The van der Waals surface area contributed by atoms with Crippen molar-refractivity contribution in [2.75, 3.05) is 25.1 Å². The van der Waals surface area contributed by atoms with Crippen LogP contribution in [0.2, 0.25) is 0 Å². The SMILES string of the molecule is COC(=O)CN1C(=O)[C@@H](NC(=O)C(C)(C)C(=O)NCC(F)(F)C(F)(F)F)[C@@H](C)Oc2ccc(F)cc21. The molecule has 36 heavy (non-hydrogen) atoms. The summed E-state index contributed by atoms with van der Waals surface area (Å²) in [5, 5.41) is 3.59. The predicted molar refractivity (Wildman–Crippen MR) is 111 cm³/mol. The van der Waals surface area contributed by atoms with E-state index in [2.05, 4.69) is 10.1 Å². The van der Waals surface area contributed by atoms with E-state index in [9.17, 15) is 45.5 Å². The maximum atomic E-state index is 13.9. The van der Waals surface area contributed by atoms with Gasteiger partial charge in [0.2, 0.25) is 11.8 Å². The molecule has 1 aromatic rings. The number of alkyl halides is 5. The lowest BCUT2D eigenvalue weighted by Gasteiger charge is -2.30. The number of rotatable bonds is 7. The van der Waals surface area contributed by atoms with Crippen LogP contribution in [0.15, 0.2) is 18.2 Å². The first-order valence-corrected chi connectivity index (χ1v) is 10.3. The van der Waals surface area contributed by atoms with Gasteiger partial charge in [-0.3, -0.25) is 24.1 Å². The minimum atomic E-state index is -5.93. The van der Waals surface area contributed by atoms with E-state index in [1.54, 1.807) is 0 Å². The molecular formula is C21H23F6N3O6. The summed E-state index contributed by atoms with van der Waals surface area (Å²) in [6.07, 6.45) is -7.08. The van der Waals surface area contributed by atoms with Gasteiger partial charge in [-0.2, -0.15) is 22.0 Å². The summed E-state index contributed by atoms with van der Waals surface area (Å²) in [6, 6.07) is 1.53. The monoisotopic (exact) mass is 527 g/mol. The molecule has 0 radical (unpaired) electrons. The number of hydrogen-bond donors (Lipinski definition) is 2. The molecule has 15 heteroatoms. The van der Waals surface area contributed by atoms with E-state index < -0.39 is 72.3 Å². The quantitative estimate of drug-likeness (QED) is 0.318. The van der Waals surface area contributed by atoms with Gasteiger partial charge in [0.25, 0.3) is 5.91 Å². The molecule has 0 saturated carbocycles. The summed E-state index contributed by atoms with van der Waals surface area (Å²) < 4.78 is 87.5. The number of amides is 3. The number of carbonyl (C=O) groups excluding carboxylic acids is 4. The molecule has 2 N–H and O–H groups in total. The zero-order valence-electron chi connectivity index (χ0n) is 19.5. The maximum absolute atomic E-state index is 13.9. The lowest BCUT2D eigenvalue weighted by molar-refractivity contribution is -0.278. The highest BCUT2D eigenvalue weighted by Crippen LogP contribution is 2.36. The molecule has 0 aliphatic carbocycles. The normalized spacial score (nSPS) is 18.5. The number of anilines is 1. The lowest BCUT2D eigenvalue weighted by Crippen LogP contribution is -2.59. The van der Waals surface area contributed by atoms with Gasteiger partial charge in [0, 0.05) is 6.07 Å². The first kappa shape index (κ1) is 28.7. The van der Waals surface area contributed by atoms with Crippen molar-refractivity contribution in [3.05, 3.63) is 24.0 Å². The van der Waals surface area contributed by atoms with Gasteiger partial charge in [-0.1, -0.05) is 0 Å². The molecule has 2 atom stereocenters. The molecule has 0 aromatic heterocycles. The number of nitrogens with one attached hydrogen (secondary N) is 2. The fraction of sp³-hybridized carbons (Fsp3) is 0.524. The van der Waals surface area contributed by atoms with Crippen LogP contribution in [0.5, 0.6) is 5.75 Å². The van der Waals surface area contributed by atoms with Crippen LogP contribution in [-0.2, 0) is 23.9 Å². The smallest absolute Gasteiger partial charge is 0.455 e. The van der Waals surface area contributed by atoms with E-state index in [1.165, 1.54) is 18.3 Å². The molecule has 1 aliphatic heterocycles. The molecule has 1 heterocycles. The van der Waals surface area contributed by atoms with Crippen molar-refractivity contribution in [1.82, 2.24) is 10.6 Å². The number of ether oxygens (including phenoxy) is 2. The third kappa shape index (κ3) is 5.99. The van der Waals surface area contributed by atoms with Gasteiger partial charge in [-0.05, 0) is 32.9 Å². The second-order valence-corrected chi connectivity index (χ2v) is 8.40. The fourth-order valence-corrected chi connectivity index (χ4v) is 3.03. The summed E-state index contributed by atoms with van der Waals surface area (Å²) in [7, 11) is 1.04. The van der Waals surface area contributed by atoms with Gasteiger partial charge < -0.3 is 20.1 Å². The van der Waals surface area contributed by atoms with Gasteiger partial charge >= 0.3 is 18.1 Å². The van der Waals surface area contributed by atoms with Crippen molar-refractivity contribution >= 4 is 29.4 Å². The van der Waals surface area contributed by atoms with Gasteiger partial charge in [-0.25, -0.2) is 4.39 Å². The minimum absolute atomic E-state index is 0.0238. The second kappa shape index (κ2) is 10.2. The Morgan fingerprint density at radius 2 is 1.72 bits per heavy atom. The molecule has 1 aromatic carbocycles. The lowest BCUT2D eigenvalue weighted by atomic mass is 9.90. The largest absolute Gasteiger partial charge is 0.486 e. The van der Waals surface area contributed by atoms with Crippen molar-refractivity contribution in [1.29, 1.82) is 0 Å². The van der Waals surface area contributed by atoms with E-state index >= 15 is 0 Å². The maximum Gasteiger partial charge on any atom is 0.455 e. The number of nitrogens with zero attached hydrogens (tertiary/aromatic N) is 1. The molecule has 0 spiro atoms. The number of halogens is 6. The molecule has 0 bridgehead atoms. The Hall–Kier alpha value is -3.52. The van der Waals surface area contributed by atoms with Crippen LogP contribution in [0.1, 0.15) is 20.8 Å². The van der Waals surface area contributed by atoms with Crippen LogP contribution in [-0.4, -0.2) is 68.1 Å². The molecule has 3 amide bonds. The molecule has 0 unspecified atom stereocenters. The Labute approximate surface area is 201 Å². The number of esters is 1. The van der Waals surface area contributed by atoms with Crippen LogP contribution in [0.25, 0.3) is 0 Å². The Balaban J connectivity index is 2.28. The van der Waals surface area contributed by atoms with Crippen molar-refractivity contribution in [3.63, 3.8) is 0 Å².